The summed E-state index contributed by atoms with van der Waals surface area (Å²) >= 11 is 0. The Kier molecular flexibility index (Phi) is 4.24. The van der Waals surface area contributed by atoms with Crippen molar-refractivity contribution in [3.05, 3.63) is 29.9 Å². The van der Waals surface area contributed by atoms with Crippen LogP contribution in [0.2, 0.25) is 0 Å². The fourth-order valence-corrected chi connectivity index (χ4v) is 3.96. The monoisotopic (exact) mass is 371 g/mol. The highest BCUT2D eigenvalue weighted by Crippen LogP contribution is 2.47. The highest BCUT2D eigenvalue weighted by molar-refractivity contribution is 6.07. The van der Waals surface area contributed by atoms with E-state index in [9.17, 15) is 9.59 Å². The van der Waals surface area contributed by atoms with Crippen molar-refractivity contribution in [1.29, 1.82) is 0 Å². The average Bonchev–Trinajstić information content (AvgIpc) is 3.27. The zero-order chi connectivity index (χ0) is 19.2. The van der Waals surface area contributed by atoms with Gasteiger partial charge in [0.15, 0.2) is 5.82 Å². The Morgan fingerprint density at radius 2 is 2.11 bits per heavy atom. The van der Waals surface area contributed by atoms with E-state index >= 15 is 0 Å². The van der Waals surface area contributed by atoms with Gasteiger partial charge in [0, 0.05) is 38.4 Å². The summed E-state index contributed by atoms with van der Waals surface area (Å²) in [4.78, 5) is 30.5. The van der Waals surface area contributed by atoms with Crippen molar-refractivity contribution in [1.82, 2.24) is 29.2 Å². The highest BCUT2D eigenvalue weighted by Gasteiger charge is 2.57. The van der Waals surface area contributed by atoms with Crippen LogP contribution in [0.3, 0.4) is 0 Å². The van der Waals surface area contributed by atoms with Gasteiger partial charge in [-0.1, -0.05) is 0 Å². The SMILES string of the molecule is Cc1nccn1Cc1nnc([C@@H]2CCCN(C(=O)C3(C(N)=O)CC3)C2)n1C. The summed E-state index contributed by atoms with van der Waals surface area (Å²) in [7, 11) is 1.96. The summed E-state index contributed by atoms with van der Waals surface area (Å²) in [6, 6.07) is 0. The topological polar surface area (TPSA) is 112 Å². The van der Waals surface area contributed by atoms with Crippen LogP contribution in [0.1, 0.15) is 49.1 Å². The number of carbonyl (C=O) groups is 2. The van der Waals surface area contributed by atoms with Crippen molar-refractivity contribution in [2.75, 3.05) is 13.1 Å². The van der Waals surface area contributed by atoms with E-state index in [0.29, 0.717) is 32.5 Å². The number of aryl methyl sites for hydroxylation is 1. The lowest BCUT2D eigenvalue weighted by Gasteiger charge is -2.34. The van der Waals surface area contributed by atoms with E-state index < -0.39 is 11.3 Å². The van der Waals surface area contributed by atoms with Gasteiger partial charge in [0.05, 0.1) is 6.54 Å². The van der Waals surface area contributed by atoms with Crippen LogP contribution in [0.15, 0.2) is 12.4 Å². The average molecular weight is 371 g/mol. The maximum Gasteiger partial charge on any atom is 0.238 e. The van der Waals surface area contributed by atoms with E-state index in [0.717, 1.165) is 30.3 Å². The second-order valence-corrected chi connectivity index (χ2v) is 7.67. The molecule has 9 heteroatoms. The van der Waals surface area contributed by atoms with Crippen LogP contribution in [0.25, 0.3) is 0 Å². The molecular weight excluding hydrogens is 346 g/mol. The summed E-state index contributed by atoms with van der Waals surface area (Å²) < 4.78 is 4.03. The first-order valence-corrected chi connectivity index (χ1v) is 9.37. The number of imidazole rings is 1. The molecule has 2 aromatic rings. The van der Waals surface area contributed by atoms with Gasteiger partial charge in [-0.25, -0.2) is 4.98 Å². The van der Waals surface area contributed by atoms with Crippen molar-refractivity contribution in [2.24, 2.45) is 18.2 Å². The fraction of sp³-hybridized carbons (Fsp3) is 0.611. The Labute approximate surface area is 157 Å². The van der Waals surface area contributed by atoms with Crippen LogP contribution in [0, 0.1) is 12.3 Å². The van der Waals surface area contributed by atoms with Crippen LogP contribution in [0.5, 0.6) is 0 Å². The van der Waals surface area contributed by atoms with Gasteiger partial charge in [-0.3, -0.25) is 9.59 Å². The lowest BCUT2D eigenvalue weighted by atomic mass is 9.94. The Morgan fingerprint density at radius 3 is 2.74 bits per heavy atom. The molecule has 1 aliphatic carbocycles. The maximum atomic E-state index is 12.8. The molecule has 9 nitrogen and oxygen atoms in total. The van der Waals surface area contributed by atoms with Gasteiger partial charge in [0.2, 0.25) is 11.8 Å². The highest BCUT2D eigenvalue weighted by atomic mass is 16.2. The predicted molar refractivity (Wildman–Crippen MR) is 96.5 cm³/mol. The van der Waals surface area contributed by atoms with Crippen LogP contribution < -0.4 is 5.73 Å². The van der Waals surface area contributed by atoms with Gasteiger partial charge in [-0.05, 0) is 32.6 Å². The normalized spacial score (nSPS) is 21.3. The molecule has 144 valence electrons. The van der Waals surface area contributed by atoms with Crippen molar-refractivity contribution >= 4 is 11.8 Å². The molecule has 3 heterocycles. The summed E-state index contributed by atoms with van der Waals surface area (Å²) in [6.07, 6.45) is 6.66. The second kappa shape index (κ2) is 6.47. The van der Waals surface area contributed by atoms with Gasteiger partial charge in [0.1, 0.15) is 17.1 Å². The molecule has 0 radical (unpaired) electrons. The molecule has 2 N–H and O–H groups in total. The number of rotatable bonds is 5. The molecule has 2 aliphatic rings. The van der Waals surface area contributed by atoms with E-state index in [-0.39, 0.29) is 11.8 Å². The van der Waals surface area contributed by atoms with Crippen LogP contribution >= 0.6 is 0 Å². The van der Waals surface area contributed by atoms with E-state index in [1.807, 2.05) is 29.3 Å². The molecule has 2 fully saturated rings. The lowest BCUT2D eigenvalue weighted by molar-refractivity contribution is -0.144. The molecule has 2 aromatic heterocycles. The zero-order valence-electron chi connectivity index (χ0n) is 15.8. The van der Waals surface area contributed by atoms with Gasteiger partial charge in [-0.2, -0.15) is 0 Å². The Morgan fingerprint density at radius 1 is 1.33 bits per heavy atom. The molecule has 4 rings (SSSR count). The summed E-state index contributed by atoms with van der Waals surface area (Å²) in [6.45, 7) is 3.79. The first-order valence-electron chi connectivity index (χ1n) is 9.37. The summed E-state index contributed by atoms with van der Waals surface area (Å²) in [5.41, 5.74) is 4.52. The minimum absolute atomic E-state index is 0.113. The number of nitrogens with zero attached hydrogens (tertiary/aromatic N) is 6. The first-order chi connectivity index (χ1) is 12.9. The zero-order valence-corrected chi connectivity index (χ0v) is 15.8. The number of carbonyl (C=O) groups excluding carboxylic acids is 2. The number of aromatic nitrogens is 5. The molecule has 0 spiro atoms. The predicted octanol–water partition coefficient (Wildman–Crippen LogP) is 0.340. The Balaban J connectivity index is 1.50. The van der Waals surface area contributed by atoms with Gasteiger partial charge in [0.25, 0.3) is 0 Å². The number of hydrogen-bond acceptors (Lipinski definition) is 5. The molecule has 1 saturated heterocycles. The third kappa shape index (κ3) is 3.00. The van der Waals surface area contributed by atoms with Crippen LogP contribution in [-0.4, -0.2) is 54.1 Å². The molecule has 1 aliphatic heterocycles. The van der Waals surface area contributed by atoms with E-state index in [4.69, 9.17) is 5.73 Å². The quantitative estimate of drug-likeness (QED) is 0.762. The minimum atomic E-state index is -0.952. The van der Waals surface area contributed by atoms with Gasteiger partial charge < -0.3 is 19.8 Å². The Hall–Kier alpha value is -2.71. The minimum Gasteiger partial charge on any atom is -0.369 e. The molecule has 0 bridgehead atoms. The number of likely N-dealkylation sites (tertiary alicyclic amines) is 1. The van der Waals surface area contributed by atoms with E-state index in [2.05, 4.69) is 15.2 Å². The third-order valence-corrected chi connectivity index (χ3v) is 5.94. The molecule has 1 saturated carbocycles. The number of nitrogens with two attached hydrogens (primary N) is 1. The molecule has 27 heavy (non-hydrogen) atoms. The molecule has 0 aromatic carbocycles. The largest absolute Gasteiger partial charge is 0.369 e. The number of piperidine rings is 1. The molecular formula is C18H25N7O2. The first kappa shape index (κ1) is 17.7. The fourth-order valence-electron chi connectivity index (χ4n) is 3.96. The second-order valence-electron chi connectivity index (χ2n) is 7.67. The number of hydrogen-bond donors (Lipinski definition) is 1. The van der Waals surface area contributed by atoms with Crippen LogP contribution in [0.4, 0.5) is 0 Å². The molecule has 2 amide bonds. The van der Waals surface area contributed by atoms with Gasteiger partial charge in [-0.15, -0.1) is 10.2 Å². The van der Waals surface area contributed by atoms with Crippen molar-refractivity contribution in [2.45, 2.75) is 45.1 Å². The summed E-state index contributed by atoms with van der Waals surface area (Å²) in [5.74, 6) is 2.16. The van der Waals surface area contributed by atoms with Gasteiger partial charge >= 0.3 is 0 Å². The summed E-state index contributed by atoms with van der Waals surface area (Å²) in [5, 5.41) is 8.76. The van der Waals surface area contributed by atoms with E-state index in [1.54, 1.807) is 11.1 Å². The molecule has 0 unspecified atom stereocenters. The Bertz CT molecular complexity index is 880. The third-order valence-electron chi connectivity index (χ3n) is 5.94. The lowest BCUT2D eigenvalue weighted by Crippen LogP contribution is -2.47. The van der Waals surface area contributed by atoms with Crippen LogP contribution in [-0.2, 0) is 23.2 Å². The number of amides is 2. The van der Waals surface area contributed by atoms with Crippen molar-refractivity contribution < 1.29 is 9.59 Å². The number of primary amides is 1. The van der Waals surface area contributed by atoms with Crippen molar-refractivity contribution in [3.63, 3.8) is 0 Å². The van der Waals surface area contributed by atoms with Crippen molar-refractivity contribution in [3.8, 4) is 0 Å². The molecule has 1 atom stereocenters. The maximum absolute atomic E-state index is 12.8. The standard InChI is InChI=1S/C18H25N7O2/c1-12-20-7-9-24(12)11-14-21-22-15(23(14)2)13-4-3-8-25(10-13)17(27)18(5-6-18)16(19)26/h7,9,13H,3-6,8,10-11H2,1-2H3,(H2,19,26)/t13-/m1/s1. The smallest absolute Gasteiger partial charge is 0.238 e. The van der Waals surface area contributed by atoms with E-state index in [1.165, 1.54) is 0 Å².